The molecule has 3 aromatic heterocycles. The first-order valence-electron chi connectivity index (χ1n) is 13.4. The van der Waals surface area contributed by atoms with E-state index < -0.39 is 6.43 Å². The van der Waals surface area contributed by atoms with E-state index in [1.165, 1.54) is 17.2 Å². The van der Waals surface area contributed by atoms with E-state index in [0.29, 0.717) is 29.1 Å². The summed E-state index contributed by atoms with van der Waals surface area (Å²) in [5.74, 6) is 0.0228. The maximum absolute atomic E-state index is 12.8. The number of hydrogen-bond donors (Lipinski definition) is 1. The number of hydrogen-bond acceptors (Lipinski definition) is 5. The van der Waals surface area contributed by atoms with Gasteiger partial charge in [-0.05, 0) is 57.2 Å². The van der Waals surface area contributed by atoms with Gasteiger partial charge in [0.1, 0.15) is 11.3 Å². The number of carbonyl (C=O) groups excluding carboxylic acids is 2. The summed E-state index contributed by atoms with van der Waals surface area (Å²) in [5, 5.41) is 3.66. The highest BCUT2D eigenvalue weighted by Gasteiger charge is 2.18. The smallest absolute Gasteiger partial charge is 0.255 e. The predicted octanol–water partition coefficient (Wildman–Crippen LogP) is 6.81. The van der Waals surface area contributed by atoms with Gasteiger partial charge in [0, 0.05) is 66.3 Å². The zero-order valence-corrected chi connectivity index (χ0v) is 23.2. The average Bonchev–Trinajstić information content (AvgIpc) is 3.42. The number of nitrogens with zero attached hydrogens (tertiary/aromatic N) is 3. The van der Waals surface area contributed by atoms with Crippen LogP contribution in [0.15, 0.2) is 89.3 Å². The monoisotopic (exact) mass is 558 g/mol. The summed E-state index contributed by atoms with van der Waals surface area (Å²) < 4.78 is 31.5. The van der Waals surface area contributed by atoms with Gasteiger partial charge in [-0.3, -0.25) is 19.6 Å². The van der Waals surface area contributed by atoms with Gasteiger partial charge in [0.15, 0.2) is 0 Å². The molecule has 1 N–H and O–H groups in total. The molecule has 0 aliphatic heterocycles. The molecule has 0 atom stereocenters. The van der Waals surface area contributed by atoms with Crippen LogP contribution in [0, 0.1) is 0 Å². The minimum atomic E-state index is -2.47. The van der Waals surface area contributed by atoms with E-state index in [9.17, 15) is 18.4 Å². The van der Waals surface area contributed by atoms with Crippen LogP contribution < -0.4 is 5.32 Å². The molecule has 41 heavy (non-hydrogen) atoms. The zero-order chi connectivity index (χ0) is 29.4. The summed E-state index contributed by atoms with van der Waals surface area (Å²) in [4.78, 5) is 35.2. The van der Waals surface area contributed by atoms with Crippen molar-refractivity contribution in [3.63, 3.8) is 0 Å². The Labute approximate surface area is 237 Å². The van der Waals surface area contributed by atoms with E-state index in [0.717, 1.165) is 27.6 Å². The molecule has 0 fully saturated rings. The standard InChI is InChI=1S/C32H32F2N4O3/c1-4-21(3)8-11-30(39)37-20-26-16-25-15-24(17-27(31(25)41-26)22-7-6-13-35-18-22)28-10-9-23(19-36-28)32(40)38(5-2)14-12-29(33)34/h4,6-11,13,15-19,29H,5,12,14,20H2,1-3H3,(H,37,39). The number of aromatic nitrogens is 2. The third-order valence-corrected chi connectivity index (χ3v) is 6.62. The molecule has 0 radical (unpaired) electrons. The molecular weight excluding hydrogens is 526 g/mol. The fraction of sp³-hybridized carbons (Fsp3) is 0.250. The highest BCUT2D eigenvalue weighted by Crippen LogP contribution is 2.35. The second-order valence-electron chi connectivity index (χ2n) is 9.48. The Hall–Kier alpha value is -4.66. The van der Waals surface area contributed by atoms with Crippen LogP contribution in [0.25, 0.3) is 33.4 Å². The molecule has 0 aliphatic carbocycles. The van der Waals surface area contributed by atoms with Gasteiger partial charge in [0.05, 0.1) is 17.8 Å². The van der Waals surface area contributed by atoms with E-state index in [1.54, 1.807) is 37.5 Å². The van der Waals surface area contributed by atoms with Crippen LogP contribution in [0.5, 0.6) is 0 Å². The lowest BCUT2D eigenvalue weighted by atomic mass is 9.99. The molecule has 3 heterocycles. The molecule has 0 bridgehead atoms. The summed E-state index contributed by atoms with van der Waals surface area (Å²) in [5.41, 5.74) is 5.04. The van der Waals surface area contributed by atoms with Crippen LogP contribution in [-0.2, 0) is 11.3 Å². The number of halogens is 2. The fourth-order valence-electron chi connectivity index (χ4n) is 4.24. The molecule has 0 saturated carbocycles. The number of fused-ring (bicyclic) bond motifs is 1. The summed E-state index contributed by atoms with van der Waals surface area (Å²) in [6, 6.07) is 12.9. The third-order valence-electron chi connectivity index (χ3n) is 6.62. The van der Waals surface area contributed by atoms with Crippen molar-refractivity contribution >= 4 is 22.8 Å². The number of benzene rings is 1. The lowest BCUT2D eigenvalue weighted by Crippen LogP contribution is -2.32. The Morgan fingerprint density at radius 1 is 1.10 bits per heavy atom. The first kappa shape index (κ1) is 29.3. The Morgan fingerprint density at radius 3 is 2.59 bits per heavy atom. The number of carbonyl (C=O) groups is 2. The third kappa shape index (κ3) is 7.51. The fourth-order valence-corrected chi connectivity index (χ4v) is 4.24. The predicted molar refractivity (Wildman–Crippen MR) is 155 cm³/mol. The van der Waals surface area contributed by atoms with Crippen molar-refractivity contribution in [3.8, 4) is 22.4 Å². The van der Waals surface area contributed by atoms with E-state index in [2.05, 4.69) is 15.3 Å². The Balaban J connectivity index is 1.63. The number of alkyl halides is 2. The number of allylic oxidation sites excluding steroid dienone is 3. The van der Waals surface area contributed by atoms with Crippen molar-refractivity contribution in [1.82, 2.24) is 20.2 Å². The largest absolute Gasteiger partial charge is 0.459 e. The summed E-state index contributed by atoms with van der Waals surface area (Å²) in [7, 11) is 0. The molecule has 0 saturated heterocycles. The Bertz CT molecular complexity index is 1560. The molecule has 9 heteroatoms. The van der Waals surface area contributed by atoms with Crippen molar-refractivity contribution in [3.05, 3.63) is 96.2 Å². The maximum atomic E-state index is 12.8. The molecule has 212 valence electrons. The van der Waals surface area contributed by atoms with Crippen LogP contribution in [-0.4, -0.2) is 46.2 Å². The highest BCUT2D eigenvalue weighted by molar-refractivity contribution is 5.97. The second kappa shape index (κ2) is 13.6. The SMILES string of the molecule is CC=C(C)C=CC(=O)NCc1cc2cc(-c3ccc(C(=O)N(CC)CCC(F)F)cn3)cc(-c3cccnc3)c2o1. The number of amides is 2. The second-order valence-corrected chi connectivity index (χ2v) is 9.48. The van der Waals surface area contributed by atoms with Gasteiger partial charge in [0.2, 0.25) is 12.3 Å². The van der Waals surface area contributed by atoms with Crippen molar-refractivity contribution < 1.29 is 22.8 Å². The normalized spacial score (nSPS) is 11.9. The number of pyridine rings is 2. The molecule has 0 unspecified atom stereocenters. The lowest BCUT2D eigenvalue weighted by molar-refractivity contribution is -0.116. The Morgan fingerprint density at radius 2 is 1.93 bits per heavy atom. The molecule has 4 rings (SSSR count). The lowest BCUT2D eigenvalue weighted by Gasteiger charge is -2.20. The number of furan rings is 1. The van der Waals surface area contributed by atoms with Crippen molar-refractivity contribution in [2.24, 2.45) is 0 Å². The van der Waals surface area contributed by atoms with Gasteiger partial charge in [-0.2, -0.15) is 0 Å². The quantitative estimate of drug-likeness (QED) is 0.161. The van der Waals surface area contributed by atoms with Gasteiger partial charge >= 0.3 is 0 Å². The van der Waals surface area contributed by atoms with Gasteiger partial charge in [-0.25, -0.2) is 8.78 Å². The minimum Gasteiger partial charge on any atom is -0.459 e. The first-order valence-corrected chi connectivity index (χ1v) is 13.4. The topological polar surface area (TPSA) is 88.3 Å². The van der Waals surface area contributed by atoms with Gasteiger partial charge in [-0.1, -0.05) is 23.8 Å². The van der Waals surface area contributed by atoms with Crippen LogP contribution >= 0.6 is 0 Å². The molecule has 0 spiro atoms. The molecule has 2 amide bonds. The first-order chi connectivity index (χ1) is 19.8. The van der Waals surface area contributed by atoms with Gasteiger partial charge in [0.25, 0.3) is 5.91 Å². The van der Waals surface area contributed by atoms with E-state index in [1.807, 2.05) is 50.3 Å². The van der Waals surface area contributed by atoms with Crippen LogP contribution in [0.1, 0.15) is 43.3 Å². The zero-order valence-electron chi connectivity index (χ0n) is 23.2. The van der Waals surface area contributed by atoms with E-state index in [4.69, 9.17) is 4.42 Å². The highest BCUT2D eigenvalue weighted by atomic mass is 19.3. The van der Waals surface area contributed by atoms with Crippen LogP contribution in [0.3, 0.4) is 0 Å². The van der Waals surface area contributed by atoms with E-state index >= 15 is 0 Å². The van der Waals surface area contributed by atoms with Crippen LogP contribution in [0.2, 0.25) is 0 Å². The number of nitrogens with one attached hydrogen (secondary N) is 1. The van der Waals surface area contributed by atoms with Gasteiger partial charge < -0.3 is 14.6 Å². The summed E-state index contributed by atoms with van der Waals surface area (Å²) >= 11 is 0. The van der Waals surface area contributed by atoms with Crippen molar-refractivity contribution in [2.75, 3.05) is 13.1 Å². The molecule has 1 aromatic carbocycles. The molecule has 4 aromatic rings. The van der Waals surface area contributed by atoms with Crippen LogP contribution in [0.4, 0.5) is 8.78 Å². The Kier molecular flexibility index (Phi) is 9.73. The van der Waals surface area contributed by atoms with Crippen molar-refractivity contribution in [1.29, 1.82) is 0 Å². The number of rotatable bonds is 11. The maximum Gasteiger partial charge on any atom is 0.255 e. The molecule has 0 aliphatic rings. The molecule has 7 nitrogen and oxygen atoms in total. The van der Waals surface area contributed by atoms with Crippen molar-refractivity contribution in [2.45, 2.75) is 40.2 Å². The summed E-state index contributed by atoms with van der Waals surface area (Å²) in [6.45, 7) is 6.10. The summed E-state index contributed by atoms with van der Waals surface area (Å²) in [6.07, 6.45) is 7.20. The van der Waals surface area contributed by atoms with Gasteiger partial charge in [-0.15, -0.1) is 0 Å². The molecular formula is C32H32F2N4O3. The average molecular weight is 559 g/mol. The minimum absolute atomic E-state index is 0.0190. The van der Waals surface area contributed by atoms with E-state index in [-0.39, 0.29) is 31.3 Å².